The summed E-state index contributed by atoms with van der Waals surface area (Å²) in [6.45, 7) is -0.249. The monoisotopic (exact) mass is 329 g/mol. The summed E-state index contributed by atoms with van der Waals surface area (Å²) in [6.07, 6.45) is 0. The highest BCUT2D eigenvalue weighted by Crippen LogP contribution is 2.25. The summed E-state index contributed by atoms with van der Waals surface area (Å²) in [7, 11) is 2.79. The van der Waals surface area contributed by atoms with Crippen LogP contribution in [0.3, 0.4) is 0 Å². The van der Waals surface area contributed by atoms with Crippen LogP contribution in [0.4, 0.5) is 0 Å². The molecule has 2 rings (SSSR count). The maximum Gasteiger partial charge on any atom is 0.333 e. The molecule has 0 saturated heterocycles. The first-order valence-electron chi connectivity index (χ1n) is 7.33. The molecule has 6 heteroatoms. The van der Waals surface area contributed by atoms with Gasteiger partial charge < -0.3 is 19.5 Å². The molecule has 0 heterocycles. The highest BCUT2D eigenvalue weighted by Gasteiger charge is 2.23. The number of carbonyl (C=O) groups excluding carboxylic acids is 2. The molecule has 1 amide bonds. The fraction of sp³-hybridized carbons (Fsp3) is 0.222. The first-order valence-corrected chi connectivity index (χ1v) is 7.33. The van der Waals surface area contributed by atoms with Crippen molar-refractivity contribution in [3.05, 3.63) is 60.2 Å². The Morgan fingerprint density at radius 3 is 2.21 bits per heavy atom. The molecule has 0 bridgehead atoms. The van der Waals surface area contributed by atoms with Gasteiger partial charge in [-0.25, -0.2) is 4.79 Å². The molecule has 126 valence electrons. The number of ether oxygens (including phenoxy) is 3. The number of esters is 1. The average Bonchev–Trinajstić information content (AvgIpc) is 2.64. The van der Waals surface area contributed by atoms with Gasteiger partial charge in [-0.2, -0.15) is 0 Å². The lowest BCUT2D eigenvalue weighted by molar-refractivity contribution is -0.145. The quantitative estimate of drug-likeness (QED) is 0.788. The molecule has 24 heavy (non-hydrogen) atoms. The van der Waals surface area contributed by atoms with Crippen molar-refractivity contribution in [3.63, 3.8) is 0 Å². The number of nitrogens with one attached hydrogen (secondary N) is 1. The fourth-order valence-corrected chi connectivity index (χ4v) is 2.13. The SMILES string of the molecule is COC(=O)C(NC(=O)COc1ccccc1OC)c1ccccc1. The van der Waals surface area contributed by atoms with Crippen LogP contribution in [-0.2, 0) is 14.3 Å². The predicted molar refractivity (Wildman–Crippen MR) is 87.8 cm³/mol. The number of para-hydroxylation sites is 2. The van der Waals surface area contributed by atoms with Crippen molar-refractivity contribution in [2.45, 2.75) is 6.04 Å². The minimum absolute atomic E-state index is 0.249. The third kappa shape index (κ3) is 4.49. The van der Waals surface area contributed by atoms with Crippen LogP contribution >= 0.6 is 0 Å². The van der Waals surface area contributed by atoms with Crippen molar-refractivity contribution in [1.82, 2.24) is 5.32 Å². The van der Waals surface area contributed by atoms with E-state index >= 15 is 0 Å². The Bertz CT molecular complexity index is 687. The molecule has 0 aromatic heterocycles. The van der Waals surface area contributed by atoms with Crippen molar-refractivity contribution in [3.8, 4) is 11.5 Å². The average molecular weight is 329 g/mol. The van der Waals surface area contributed by atoms with Gasteiger partial charge in [0.2, 0.25) is 0 Å². The number of methoxy groups -OCH3 is 2. The van der Waals surface area contributed by atoms with Crippen LogP contribution in [0.25, 0.3) is 0 Å². The Kier molecular flexibility index (Phi) is 6.19. The van der Waals surface area contributed by atoms with E-state index in [1.807, 2.05) is 6.07 Å². The van der Waals surface area contributed by atoms with Gasteiger partial charge in [-0.1, -0.05) is 42.5 Å². The molecule has 1 unspecified atom stereocenters. The van der Waals surface area contributed by atoms with Crippen LogP contribution in [0.5, 0.6) is 11.5 Å². The molecule has 6 nitrogen and oxygen atoms in total. The lowest BCUT2D eigenvalue weighted by Crippen LogP contribution is -2.37. The van der Waals surface area contributed by atoms with Crippen molar-refractivity contribution >= 4 is 11.9 Å². The summed E-state index contributed by atoms with van der Waals surface area (Å²) in [6, 6.07) is 15.0. The minimum Gasteiger partial charge on any atom is -0.493 e. The molecule has 0 saturated carbocycles. The molecule has 0 spiro atoms. The Labute approximate surface area is 140 Å². The van der Waals surface area contributed by atoms with Gasteiger partial charge in [0, 0.05) is 0 Å². The molecule has 0 aliphatic rings. The van der Waals surface area contributed by atoms with Gasteiger partial charge >= 0.3 is 5.97 Å². The normalized spacial score (nSPS) is 11.2. The van der Waals surface area contributed by atoms with Gasteiger partial charge in [-0.05, 0) is 17.7 Å². The zero-order chi connectivity index (χ0) is 17.4. The fourth-order valence-electron chi connectivity index (χ4n) is 2.13. The predicted octanol–water partition coefficient (Wildman–Crippen LogP) is 2.10. The van der Waals surface area contributed by atoms with Crippen LogP contribution < -0.4 is 14.8 Å². The highest BCUT2D eigenvalue weighted by atomic mass is 16.5. The van der Waals surface area contributed by atoms with Gasteiger partial charge in [0.25, 0.3) is 5.91 Å². The van der Waals surface area contributed by atoms with E-state index in [-0.39, 0.29) is 6.61 Å². The van der Waals surface area contributed by atoms with Crippen molar-refractivity contribution in [2.24, 2.45) is 0 Å². The van der Waals surface area contributed by atoms with Crippen molar-refractivity contribution in [2.75, 3.05) is 20.8 Å². The van der Waals surface area contributed by atoms with Gasteiger partial charge in [0.05, 0.1) is 14.2 Å². The van der Waals surface area contributed by atoms with Crippen LogP contribution in [-0.4, -0.2) is 32.7 Å². The second-order valence-electron chi connectivity index (χ2n) is 4.87. The minimum atomic E-state index is -0.884. The zero-order valence-corrected chi connectivity index (χ0v) is 13.5. The molecule has 0 fully saturated rings. The number of hydrogen-bond acceptors (Lipinski definition) is 5. The van der Waals surface area contributed by atoms with Gasteiger partial charge in [-0.3, -0.25) is 4.79 Å². The Balaban J connectivity index is 2.02. The lowest BCUT2D eigenvalue weighted by Gasteiger charge is -2.17. The molecular weight excluding hydrogens is 310 g/mol. The third-order valence-electron chi connectivity index (χ3n) is 3.30. The number of carbonyl (C=O) groups is 2. The van der Waals surface area contributed by atoms with E-state index in [9.17, 15) is 9.59 Å². The first-order chi connectivity index (χ1) is 11.7. The first kappa shape index (κ1) is 17.3. The number of rotatable bonds is 7. The lowest BCUT2D eigenvalue weighted by atomic mass is 10.1. The van der Waals surface area contributed by atoms with E-state index in [4.69, 9.17) is 14.2 Å². The number of hydrogen-bond donors (Lipinski definition) is 1. The molecule has 1 atom stereocenters. The zero-order valence-electron chi connectivity index (χ0n) is 13.5. The number of benzene rings is 2. The third-order valence-corrected chi connectivity index (χ3v) is 3.30. The Hall–Kier alpha value is -3.02. The summed E-state index contributed by atoms with van der Waals surface area (Å²) in [5.74, 6) is -0.0191. The molecular formula is C18H19NO5. The second-order valence-corrected chi connectivity index (χ2v) is 4.87. The summed E-state index contributed by atoms with van der Waals surface area (Å²) >= 11 is 0. The topological polar surface area (TPSA) is 73.9 Å². The van der Waals surface area contributed by atoms with E-state index in [0.29, 0.717) is 17.1 Å². The molecule has 2 aromatic rings. The summed E-state index contributed by atoms with van der Waals surface area (Å²) in [4.78, 5) is 24.1. The highest BCUT2D eigenvalue weighted by molar-refractivity contribution is 5.86. The maximum atomic E-state index is 12.1. The standard InChI is InChI=1S/C18H19NO5/c1-22-14-10-6-7-11-15(14)24-12-16(20)19-17(18(21)23-2)13-8-4-3-5-9-13/h3-11,17H,12H2,1-2H3,(H,19,20). The smallest absolute Gasteiger partial charge is 0.333 e. The van der Waals surface area contributed by atoms with E-state index in [1.54, 1.807) is 48.5 Å². The molecule has 0 aliphatic carbocycles. The van der Waals surface area contributed by atoms with E-state index in [2.05, 4.69) is 5.32 Å². The molecule has 2 aromatic carbocycles. The van der Waals surface area contributed by atoms with Crippen molar-refractivity contribution in [1.29, 1.82) is 0 Å². The van der Waals surface area contributed by atoms with Crippen LogP contribution in [0, 0.1) is 0 Å². The van der Waals surface area contributed by atoms with Crippen LogP contribution in [0.2, 0.25) is 0 Å². The number of amides is 1. The Morgan fingerprint density at radius 2 is 1.58 bits per heavy atom. The second kappa shape index (κ2) is 8.57. The molecule has 0 aliphatic heterocycles. The van der Waals surface area contributed by atoms with Gasteiger partial charge in [0.1, 0.15) is 0 Å². The van der Waals surface area contributed by atoms with E-state index in [1.165, 1.54) is 14.2 Å². The van der Waals surface area contributed by atoms with Gasteiger partial charge in [-0.15, -0.1) is 0 Å². The van der Waals surface area contributed by atoms with Crippen molar-refractivity contribution < 1.29 is 23.8 Å². The maximum absolute atomic E-state index is 12.1. The Morgan fingerprint density at radius 1 is 0.958 bits per heavy atom. The van der Waals surface area contributed by atoms with E-state index < -0.39 is 17.9 Å². The van der Waals surface area contributed by atoms with E-state index in [0.717, 1.165) is 0 Å². The van der Waals surface area contributed by atoms with Crippen LogP contribution in [0.1, 0.15) is 11.6 Å². The molecule has 1 N–H and O–H groups in total. The van der Waals surface area contributed by atoms with Crippen LogP contribution in [0.15, 0.2) is 54.6 Å². The summed E-state index contributed by atoms with van der Waals surface area (Å²) in [5.41, 5.74) is 0.634. The van der Waals surface area contributed by atoms with Gasteiger partial charge in [0.15, 0.2) is 24.1 Å². The molecule has 0 radical (unpaired) electrons. The summed E-state index contributed by atoms with van der Waals surface area (Å²) < 4.78 is 15.4. The summed E-state index contributed by atoms with van der Waals surface area (Å²) in [5, 5.41) is 2.61. The largest absolute Gasteiger partial charge is 0.493 e.